The number of rotatable bonds is 5. The van der Waals surface area contributed by atoms with Crippen LogP contribution < -0.4 is 5.32 Å². The average molecular weight is 480 g/mol. The van der Waals surface area contributed by atoms with Gasteiger partial charge in [0.25, 0.3) is 5.91 Å². The molecule has 4 rings (SSSR count). The van der Waals surface area contributed by atoms with Crippen LogP contribution in [0.2, 0.25) is 0 Å². The van der Waals surface area contributed by atoms with Gasteiger partial charge in [0.1, 0.15) is 4.88 Å². The van der Waals surface area contributed by atoms with Crippen LogP contribution in [0.4, 0.5) is 5.13 Å². The van der Waals surface area contributed by atoms with E-state index in [0.29, 0.717) is 34.4 Å². The highest BCUT2D eigenvalue weighted by atomic mass is 32.2. The van der Waals surface area contributed by atoms with Gasteiger partial charge in [-0.2, -0.15) is 4.31 Å². The number of nitrogens with one attached hydrogen (secondary N) is 1. The molecular weight excluding hydrogens is 454 g/mol. The van der Waals surface area contributed by atoms with Crippen LogP contribution in [0.3, 0.4) is 0 Å². The molecule has 170 valence electrons. The summed E-state index contributed by atoms with van der Waals surface area (Å²) in [5.41, 5.74) is 4.09. The number of terminal acetylenes is 1. The van der Waals surface area contributed by atoms with Crippen LogP contribution in [0, 0.1) is 26.2 Å². The number of carbonyl (C=O) groups excluding carboxylic acids is 1. The number of aryl methyl sites for hydroxylation is 2. The van der Waals surface area contributed by atoms with Gasteiger partial charge in [0.2, 0.25) is 10.0 Å². The van der Waals surface area contributed by atoms with Gasteiger partial charge < -0.3 is 0 Å². The average Bonchev–Trinajstić information content (AvgIpc) is 3.23. The minimum absolute atomic E-state index is 0.196. The van der Waals surface area contributed by atoms with Crippen molar-refractivity contribution in [2.75, 3.05) is 18.4 Å². The van der Waals surface area contributed by atoms with E-state index < -0.39 is 10.0 Å². The Morgan fingerprint density at radius 2 is 1.79 bits per heavy atom. The number of carbonyl (C=O) groups is 1. The summed E-state index contributed by atoms with van der Waals surface area (Å²) in [4.78, 5) is 18.2. The van der Waals surface area contributed by atoms with Crippen molar-refractivity contribution in [2.24, 2.45) is 0 Å². The zero-order valence-electron chi connectivity index (χ0n) is 18.6. The number of anilines is 1. The third kappa shape index (κ3) is 4.86. The first kappa shape index (κ1) is 23.2. The molecule has 0 unspecified atom stereocenters. The first-order valence-corrected chi connectivity index (χ1v) is 13.0. The monoisotopic (exact) mass is 479 g/mol. The molecule has 1 saturated heterocycles. The quantitative estimate of drug-likeness (QED) is 0.532. The highest BCUT2D eigenvalue weighted by Crippen LogP contribution is 2.33. The molecule has 3 aromatic rings. The second-order valence-corrected chi connectivity index (χ2v) is 11.0. The van der Waals surface area contributed by atoms with E-state index in [1.54, 1.807) is 0 Å². The molecule has 0 bridgehead atoms. The van der Waals surface area contributed by atoms with E-state index in [1.165, 1.54) is 39.9 Å². The molecule has 1 aliphatic heterocycles. The number of thiazole rings is 1. The van der Waals surface area contributed by atoms with E-state index in [0.717, 1.165) is 36.0 Å². The Kier molecular flexibility index (Phi) is 6.66. The summed E-state index contributed by atoms with van der Waals surface area (Å²) in [5.74, 6) is 2.29. The van der Waals surface area contributed by atoms with Crippen LogP contribution in [-0.4, -0.2) is 36.7 Å². The van der Waals surface area contributed by atoms with Crippen LogP contribution in [0.25, 0.3) is 11.3 Å². The van der Waals surface area contributed by atoms with Crippen LogP contribution in [0.15, 0.2) is 47.4 Å². The summed E-state index contributed by atoms with van der Waals surface area (Å²) >= 11 is 1.24. The Morgan fingerprint density at radius 3 is 2.45 bits per heavy atom. The smallest absolute Gasteiger partial charge is 0.257 e. The lowest BCUT2D eigenvalue weighted by Crippen LogP contribution is -2.35. The van der Waals surface area contributed by atoms with Crippen LogP contribution in [0.5, 0.6) is 0 Å². The predicted octanol–water partition coefficient (Wildman–Crippen LogP) is 4.84. The second-order valence-electron chi connectivity index (χ2n) is 8.10. The third-order valence-electron chi connectivity index (χ3n) is 5.70. The van der Waals surface area contributed by atoms with Crippen LogP contribution >= 0.6 is 11.3 Å². The van der Waals surface area contributed by atoms with E-state index in [-0.39, 0.29) is 10.8 Å². The number of hydrogen-bond donors (Lipinski definition) is 1. The predicted molar refractivity (Wildman–Crippen MR) is 132 cm³/mol. The Bertz CT molecular complexity index is 1330. The van der Waals surface area contributed by atoms with Crippen molar-refractivity contribution in [3.63, 3.8) is 0 Å². The fraction of sp³-hybridized carbons (Fsp3) is 0.280. The van der Waals surface area contributed by atoms with E-state index in [9.17, 15) is 13.2 Å². The fourth-order valence-electron chi connectivity index (χ4n) is 3.85. The zero-order valence-corrected chi connectivity index (χ0v) is 20.2. The van der Waals surface area contributed by atoms with Gasteiger partial charge in [0.05, 0.1) is 10.6 Å². The molecule has 0 saturated carbocycles. The van der Waals surface area contributed by atoms with Gasteiger partial charge in [-0.15, -0.1) is 6.42 Å². The van der Waals surface area contributed by atoms with E-state index in [1.807, 2.05) is 32.0 Å². The molecule has 1 aromatic heterocycles. The number of nitrogens with zero attached hydrogens (tertiary/aromatic N) is 2. The van der Waals surface area contributed by atoms with E-state index in [2.05, 4.69) is 16.2 Å². The molecule has 8 heteroatoms. The van der Waals surface area contributed by atoms with Gasteiger partial charge >= 0.3 is 0 Å². The molecule has 0 atom stereocenters. The highest BCUT2D eigenvalue weighted by molar-refractivity contribution is 7.89. The number of benzene rings is 2. The summed E-state index contributed by atoms with van der Waals surface area (Å²) in [6.07, 6.45) is 8.49. The Hall–Kier alpha value is -2.99. The van der Waals surface area contributed by atoms with Crippen molar-refractivity contribution in [3.05, 3.63) is 64.0 Å². The standard InChI is InChI=1S/C25H25N3O3S2/c1-4-22-23(21-16-17(2)8-9-18(21)3)26-25(32-22)27-24(29)19-10-12-20(13-11-19)33(30,31)28-14-6-5-7-15-28/h1,8-13,16H,5-7,14-15H2,2-3H3,(H,26,27,29). The number of amides is 1. The lowest BCUT2D eigenvalue weighted by atomic mass is 10.0. The molecule has 1 N–H and O–H groups in total. The van der Waals surface area contributed by atoms with Crippen molar-refractivity contribution in [2.45, 2.75) is 38.0 Å². The molecule has 1 amide bonds. The molecule has 0 aliphatic carbocycles. The highest BCUT2D eigenvalue weighted by Gasteiger charge is 2.26. The Morgan fingerprint density at radius 1 is 1.09 bits per heavy atom. The van der Waals surface area contributed by atoms with Gasteiger partial charge in [0.15, 0.2) is 5.13 Å². The molecular formula is C25H25N3O3S2. The van der Waals surface area contributed by atoms with Gasteiger partial charge in [-0.1, -0.05) is 41.4 Å². The molecule has 0 radical (unpaired) electrons. The van der Waals surface area contributed by atoms with E-state index >= 15 is 0 Å². The molecule has 2 aromatic carbocycles. The lowest BCUT2D eigenvalue weighted by Gasteiger charge is -2.25. The lowest BCUT2D eigenvalue weighted by molar-refractivity contribution is 0.102. The van der Waals surface area contributed by atoms with E-state index in [4.69, 9.17) is 6.42 Å². The van der Waals surface area contributed by atoms with Crippen molar-refractivity contribution in [3.8, 4) is 23.6 Å². The normalized spacial score (nSPS) is 14.6. The largest absolute Gasteiger partial charge is 0.298 e. The van der Waals surface area contributed by atoms with Gasteiger partial charge in [-0.05, 0) is 62.6 Å². The summed E-state index contributed by atoms with van der Waals surface area (Å²) in [7, 11) is -3.54. The maximum absolute atomic E-state index is 12.8. The van der Waals surface area contributed by atoms with Crippen molar-refractivity contribution < 1.29 is 13.2 Å². The molecule has 1 aliphatic rings. The second kappa shape index (κ2) is 9.48. The summed E-state index contributed by atoms with van der Waals surface area (Å²) < 4.78 is 27.1. The number of aromatic nitrogens is 1. The summed E-state index contributed by atoms with van der Waals surface area (Å²) in [6, 6.07) is 12.1. The van der Waals surface area contributed by atoms with Gasteiger partial charge in [-0.25, -0.2) is 13.4 Å². The molecule has 33 heavy (non-hydrogen) atoms. The van der Waals surface area contributed by atoms with Crippen molar-refractivity contribution >= 4 is 32.4 Å². The Balaban J connectivity index is 1.54. The first-order chi connectivity index (χ1) is 15.8. The SMILES string of the molecule is C#Cc1sc(NC(=O)c2ccc(S(=O)(=O)N3CCCCC3)cc2)nc1-c1cc(C)ccc1C. The summed E-state index contributed by atoms with van der Waals surface area (Å²) in [6.45, 7) is 5.07. The van der Waals surface area contributed by atoms with Crippen molar-refractivity contribution in [1.82, 2.24) is 9.29 Å². The van der Waals surface area contributed by atoms with Crippen LogP contribution in [-0.2, 0) is 10.0 Å². The maximum Gasteiger partial charge on any atom is 0.257 e. The minimum Gasteiger partial charge on any atom is -0.298 e. The number of hydrogen-bond acceptors (Lipinski definition) is 5. The number of sulfonamides is 1. The maximum atomic E-state index is 12.8. The first-order valence-electron chi connectivity index (χ1n) is 10.8. The molecule has 2 heterocycles. The van der Waals surface area contributed by atoms with Crippen molar-refractivity contribution in [1.29, 1.82) is 0 Å². The molecule has 1 fully saturated rings. The fourth-order valence-corrected chi connectivity index (χ4v) is 6.15. The minimum atomic E-state index is -3.54. The van der Waals surface area contributed by atoms with Gasteiger partial charge in [-0.3, -0.25) is 10.1 Å². The number of piperidine rings is 1. The van der Waals surface area contributed by atoms with Crippen LogP contribution in [0.1, 0.15) is 45.6 Å². The molecule has 6 nitrogen and oxygen atoms in total. The summed E-state index contributed by atoms with van der Waals surface area (Å²) in [5, 5.41) is 3.19. The zero-order chi connectivity index (χ0) is 23.6. The molecule has 0 spiro atoms. The van der Waals surface area contributed by atoms with Gasteiger partial charge in [0, 0.05) is 24.2 Å². The third-order valence-corrected chi connectivity index (χ3v) is 8.51. The Labute approximate surface area is 198 Å². The topological polar surface area (TPSA) is 79.4 Å².